The van der Waals surface area contributed by atoms with Crippen molar-refractivity contribution in [1.29, 1.82) is 0 Å². The summed E-state index contributed by atoms with van der Waals surface area (Å²) in [6.07, 6.45) is 7.66. The summed E-state index contributed by atoms with van der Waals surface area (Å²) in [5, 5.41) is 2.77. The maximum Gasteiger partial charge on any atom is 0.307 e. The predicted molar refractivity (Wildman–Crippen MR) is 156 cm³/mol. The number of rotatable bonds is 11. The summed E-state index contributed by atoms with van der Waals surface area (Å²) in [6, 6.07) is 7.52. The molecule has 1 fully saturated rings. The molecule has 216 valence electrons. The quantitative estimate of drug-likeness (QED) is 0.326. The number of unbranched alkanes of at least 4 members (excludes halogenated alkanes) is 1. The molecule has 2 aliphatic rings. The number of esters is 1. The number of ether oxygens (including phenoxy) is 1. The van der Waals surface area contributed by atoms with E-state index in [0.717, 1.165) is 56.2 Å². The molecule has 0 aromatic heterocycles. The molecule has 1 heterocycles. The van der Waals surface area contributed by atoms with Gasteiger partial charge in [0.15, 0.2) is 0 Å². The first kappa shape index (κ1) is 30.8. The second kappa shape index (κ2) is 13.1. The van der Waals surface area contributed by atoms with Crippen LogP contribution in [0.3, 0.4) is 0 Å². The van der Waals surface area contributed by atoms with Crippen LogP contribution in [0.1, 0.15) is 121 Å². The van der Waals surface area contributed by atoms with Gasteiger partial charge < -0.3 is 15.0 Å². The Labute approximate surface area is 235 Å². The third-order valence-electron chi connectivity index (χ3n) is 8.41. The summed E-state index contributed by atoms with van der Waals surface area (Å²) < 4.78 is 4.64. The van der Waals surface area contributed by atoms with E-state index in [0.29, 0.717) is 23.8 Å². The number of methoxy groups -OCH3 is 1. The van der Waals surface area contributed by atoms with Crippen LogP contribution >= 0.6 is 0 Å². The fourth-order valence-corrected chi connectivity index (χ4v) is 6.11. The van der Waals surface area contributed by atoms with E-state index < -0.39 is 5.66 Å². The van der Waals surface area contributed by atoms with E-state index in [2.05, 4.69) is 56.5 Å². The molecule has 1 aromatic rings. The lowest BCUT2D eigenvalue weighted by molar-refractivity contribution is -0.140. The number of nitrogens with one attached hydrogen (secondary N) is 1. The Balaban J connectivity index is 1.88. The molecule has 7 heteroatoms. The smallest absolute Gasteiger partial charge is 0.307 e. The molecule has 7 nitrogen and oxygen atoms in total. The van der Waals surface area contributed by atoms with E-state index in [-0.39, 0.29) is 42.2 Å². The van der Waals surface area contributed by atoms with Crippen LogP contribution in [0.25, 0.3) is 0 Å². The van der Waals surface area contributed by atoms with Crippen molar-refractivity contribution in [2.45, 2.75) is 111 Å². The summed E-state index contributed by atoms with van der Waals surface area (Å²) in [6.45, 7) is 13.6. The number of benzene rings is 1. The zero-order valence-electron chi connectivity index (χ0n) is 25.1. The van der Waals surface area contributed by atoms with Crippen LogP contribution in [-0.2, 0) is 14.3 Å². The molecule has 1 aliphatic heterocycles. The first-order valence-electron chi connectivity index (χ1n) is 14.8. The Kier molecular flexibility index (Phi) is 10.4. The van der Waals surface area contributed by atoms with Gasteiger partial charge in [-0.1, -0.05) is 66.5 Å². The van der Waals surface area contributed by atoms with Crippen molar-refractivity contribution in [1.82, 2.24) is 10.2 Å². The van der Waals surface area contributed by atoms with E-state index >= 15 is 0 Å². The van der Waals surface area contributed by atoms with Crippen molar-refractivity contribution in [3.63, 3.8) is 0 Å². The summed E-state index contributed by atoms with van der Waals surface area (Å²) in [4.78, 5) is 45.4. The Morgan fingerprint density at radius 3 is 2.33 bits per heavy atom. The Bertz CT molecular complexity index is 1030. The van der Waals surface area contributed by atoms with Gasteiger partial charge in [-0.05, 0) is 73.5 Å². The summed E-state index contributed by atoms with van der Waals surface area (Å²) in [5.74, 6) is 0.484. The number of nitrogens with zero attached hydrogens (tertiary/aromatic N) is 2. The number of aliphatic imine (C=N–C) groups is 1. The first-order valence-corrected chi connectivity index (χ1v) is 14.8. The van der Waals surface area contributed by atoms with Crippen molar-refractivity contribution < 1.29 is 19.1 Å². The molecule has 0 saturated heterocycles. The number of hydrogen-bond donors (Lipinski definition) is 1. The highest BCUT2D eigenvalue weighted by Crippen LogP contribution is 2.49. The second-order valence-corrected chi connectivity index (χ2v) is 12.8. The average Bonchev–Trinajstić information content (AvgIpc) is 3.13. The molecule has 0 bridgehead atoms. The molecule has 2 amide bonds. The predicted octanol–water partition coefficient (Wildman–Crippen LogP) is 6.47. The average molecular weight is 540 g/mol. The van der Waals surface area contributed by atoms with Gasteiger partial charge in [0, 0.05) is 12.1 Å². The fourth-order valence-electron chi connectivity index (χ4n) is 6.11. The third kappa shape index (κ3) is 7.49. The summed E-state index contributed by atoms with van der Waals surface area (Å²) in [7, 11) is 1.33. The monoisotopic (exact) mass is 539 g/mol. The number of hydrogen-bond acceptors (Lipinski definition) is 5. The van der Waals surface area contributed by atoms with Crippen LogP contribution in [0.5, 0.6) is 0 Å². The SMILES string of the molecule is CCCC[C@H](c1ccc(C(=O)NCCC(=O)OC)cc1)N1C(=O)C(CC(C)C)=NC12CCC(C(C)(C)C)CC2. The molecule has 1 aromatic carbocycles. The second-order valence-electron chi connectivity index (χ2n) is 12.8. The van der Waals surface area contributed by atoms with Gasteiger partial charge in [-0.3, -0.25) is 19.4 Å². The van der Waals surface area contributed by atoms with Crippen LogP contribution in [0.4, 0.5) is 0 Å². The Hall–Kier alpha value is -2.70. The minimum Gasteiger partial charge on any atom is -0.469 e. The molecular formula is C32H49N3O4. The van der Waals surface area contributed by atoms with Crippen LogP contribution in [0, 0.1) is 17.3 Å². The minimum atomic E-state index is -0.481. The van der Waals surface area contributed by atoms with Crippen LogP contribution < -0.4 is 5.32 Å². The zero-order valence-corrected chi connectivity index (χ0v) is 25.1. The number of carbonyl (C=O) groups is 3. The lowest BCUT2D eigenvalue weighted by Gasteiger charge is -2.47. The normalized spacial score (nSPS) is 22.3. The highest BCUT2D eigenvalue weighted by Gasteiger charge is 2.52. The Morgan fingerprint density at radius 2 is 1.79 bits per heavy atom. The minimum absolute atomic E-state index is 0.0867. The molecule has 1 N–H and O–H groups in total. The van der Waals surface area contributed by atoms with Crippen LogP contribution in [-0.4, -0.2) is 47.7 Å². The fraction of sp³-hybridized carbons (Fsp3) is 0.688. The third-order valence-corrected chi connectivity index (χ3v) is 8.41. The lowest BCUT2D eigenvalue weighted by Crippen LogP contribution is -2.51. The van der Waals surface area contributed by atoms with Crippen molar-refractivity contribution in [2.75, 3.05) is 13.7 Å². The molecule has 1 spiro atoms. The summed E-state index contributed by atoms with van der Waals surface area (Å²) in [5.41, 5.74) is 2.06. The summed E-state index contributed by atoms with van der Waals surface area (Å²) >= 11 is 0. The molecule has 0 unspecified atom stereocenters. The Morgan fingerprint density at radius 1 is 1.15 bits per heavy atom. The van der Waals surface area contributed by atoms with Crippen molar-refractivity contribution in [2.24, 2.45) is 22.2 Å². The van der Waals surface area contributed by atoms with Gasteiger partial charge in [-0.25, -0.2) is 0 Å². The largest absolute Gasteiger partial charge is 0.469 e. The zero-order chi connectivity index (χ0) is 28.8. The lowest BCUT2D eigenvalue weighted by atomic mass is 9.69. The molecule has 0 radical (unpaired) electrons. The highest BCUT2D eigenvalue weighted by atomic mass is 16.5. The highest BCUT2D eigenvalue weighted by molar-refractivity contribution is 6.40. The van der Waals surface area contributed by atoms with E-state index in [1.165, 1.54) is 7.11 Å². The van der Waals surface area contributed by atoms with Gasteiger partial charge in [0.2, 0.25) is 0 Å². The van der Waals surface area contributed by atoms with Crippen molar-refractivity contribution >= 4 is 23.5 Å². The van der Waals surface area contributed by atoms with Crippen molar-refractivity contribution in [3.05, 3.63) is 35.4 Å². The van der Waals surface area contributed by atoms with Crippen molar-refractivity contribution in [3.8, 4) is 0 Å². The van der Waals surface area contributed by atoms with Gasteiger partial charge >= 0.3 is 5.97 Å². The molecular weight excluding hydrogens is 490 g/mol. The molecule has 3 rings (SSSR count). The number of amides is 2. The van der Waals surface area contributed by atoms with Crippen LogP contribution in [0.2, 0.25) is 0 Å². The number of carbonyl (C=O) groups excluding carboxylic acids is 3. The first-order chi connectivity index (χ1) is 18.4. The van der Waals surface area contributed by atoms with E-state index in [4.69, 9.17) is 4.99 Å². The van der Waals surface area contributed by atoms with E-state index in [1.807, 2.05) is 24.3 Å². The van der Waals surface area contributed by atoms with Gasteiger partial charge in [0.25, 0.3) is 11.8 Å². The van der Waals surface area contributed by atoms with Crippen LogP contribution in [0.15, 0.2) is 29.3 Å². The molecule has 1 saturated carbocycles. The standard InChI is InChI=1S/C32H49N3O4/c1-8-9-10-27(23-11-13-24(14-12-23)29(37)33-20-17-28(36)39-7)35-30(38)26(21-22(2)3)34-32(35)18-15-25(16-19-32)31(4,5)6/h11-14,22,25,27H,8-10,15-21H2,1-7H3,(H,33,37)/t25?,27-,32?/m1/s1. The molecule has 39 heavy (non-hydrogen) atoms. The topological polar surface area (TPSA) is 88.1 Å². The maximum atomic E-state index is 14.0. The van der Waals surface area contributed by atoms with E-state index in [1.54, 1.807) is 0 Å². The van der Waals surface area contributed by atoms with Gasteiger partial charge in [0.05, 0.1) is 19.6 Å². The van der Waals surface area contributed by atoms with Gasteiger partial charge in [-0.2, -0.15) is 0 Å². The molecule has 1 aliphatic carbocycles. The maximum absolute atomic E-state index is 14.0. The van der Waals surface area contributed by atoms with Gasteiger partial charge in [-0.15, -0.1) is 0 Å². The van der Waals surface area contributed by atoms with Gasteiger partial charge in [0.1, 0.15) is 11.4 Å². The van der Waals surface area contributed by atoms with E-state index in [9.17, 15) is 14.4 Å². The molecule has 1 atom stereocenters.